The van der Waals surface area contributed by atoms with E-state index in [1.807, 2.05) is 32.0 Å². The van der Waals surface area contributed by atoms with Crippen LogP contribution in [-0.2, 0) is 6.42 Å². The summed E-state index contributed by atoms with van der Waals surface area (Å²) in [6.45, 7) is 4.52. The predicted octanol–water partition coefficient (Wildman–Crippen LogP) is 1.59. The van der Waals surface area contributed by atoms with Crippen molar-refractivity contribution < 1.29 is 14.6 Å². The van der Waals surface area contributed by atoms with E-state index in [1.54, 1.807) is 7.11 Å². The molecule has 1 aromatic rings. The summed E-state index contributed by atoms with van der Waals surface area (Å²) in [7, 11) is 1.62. The second-order valence-electron chi connectivity index (χ2n) is 4.64. The van der Waals surface area contributed by atoms with Crippen LogP contribution in [0.25, 0.3) is 0 Å². The first kappa shape index (κ1) is 14.8. The van der Waals surface area contributed by atoms with Gasteiger partial charge < -0.3 is 20.3 Å². The van der Waals surface area contributed by atoms with Crippen LogP contribution in [0.4, 0.5) is 0 Å². The molecule has 0 bridgehead atoms. The van der Waals surface area contributed by atoms with E-state index in [0.717, 1.165) is 23.5 Å². The summed E-state index contributed by atoms with van der Waals surface area (Å²) in [5, 5.41) is 9.17. The average Bonchev–Trinajstić information content (AvgIpc) is 2.35. The molecule has 1 aromatic carbocycles. The molecule has 0 amide bonds. The normalized spacial score (nSPS) is 12.6. The number of aliphatic hydroxyl groups is 1. The van der Waals surface area contributed by atoms with Crippen LogP contribution >= 0.6 is 0 Å². The van der Waals surface area contributed by atoms with Gasteiger partial charge >= 0.3 is 0 Å². The van der Waals surface area contributed by atoms with Gasteiger partial charge in [0.25, 0.3) is 0 Å². The zero-order valence-electron chi connectivity index (χ0n) is 11.3. The smallest absolute Gasteiger partial charge is 0.161 e. The van der Waals surface area contributed by atoms with Gasteiger partial charge in [0.2, 0.25) is 0 Å². The van der Waals surface area contributed by atoms with Crippen molar-refractivity contribution in [2.75, 3.05) is 20.3 Å². The Morgan fingerprint density at radius 1 is 1.28 bits per heavy atom. The van der Waals surface area contributed by atoms with Crippen molar-refractivity contribution >= 4 is 0 Å². The minimum Gasteiger partial charge on any atom is -0.493 e. The van der Waals surface area contributed by atoms with Gasteiger partial charge in [-0.3, -0.25) is 0 Å². The summed E-state index contributed by atoms with van der Waals surface area (Å²) in [6.07, 6.45) is 0.836. The SMILES string of the molecule is COc1ccc(CC(CN)CO)cc1OC(C)C. The molecule has 0 aliphatic heterocycles. The fourth-order valence-corrected chi connectivity index (χ4v) is 1.75. The first-order chi connectivity index (χ1) is 8.60. The maximum Gasteiger partial charge on any atom is 0.161 e. The molecule has 1 atom stereocenters. The molecular weight excluding hydrogens is 230 g/mol. The quantitative estimate of drug-likeness (QED) is 0.774. The van der Waals surface area contributed by atoms with Crippen molar-refractivity contribution in [2.45, 2.75) is 26.4 Å². The lowest BCUT2D eigenvalue weighted by Gasteiger charge is -2.16. The number of benzene rings is 1. The largest absolute Gasteiger partial charge is 0.493 e. The van der Waals surface area contributed by atoms with Gasteiger partial charge in [-0.25, -0.2) is 0 Å². The minimum atomic E-state index is 0.0882. The van der Waals surface area contributed by atoms with Gasteiger partial charge in [0, 0.05) is 6.61 Å². The van der Waals surface area contributed by atoms with Crippen LogP contribution < -0.4 is 15.2 Å². The van der Waals surface area contributed by atoms with E-state index in [-0.39, 0.29) is 18.6 Å². The molecule has 4 heteroatoms. The van der Waals surface area contributed by atoms with Gasteiger partial charge in [-0.15, -0.1) is 0 Å². The van der Waals surface area contributed by atoms with Gasteiger partial charge in [-0.1, -0.05) is 6.07 Å². The summed E-state index contributed by atoms with van der Waals surface area (Å²) in [5.41, 5.74) is 6.68. The van der Waals surface area contributed by atoms with Crippen LogP contribution in [-0.4, -0.2) is 31.5 Å². The highest BCUT2D eigenvalue weighted by Crippen LogP contribution is 2.29. The monoisotopic (exact) mass is 253 g/mol. The molecule has 4 nitrogen and oxygen atoms in total. The molecule has 0 heterocycles. The maximum atomic E-state index is 9.17. The molecule has 1 unspecified atom stereocenters. The number of aliphatic hydroxyl groups excluding tert-OH is 1. The molecule has 0 saturated heterocycles. The second-order valence-corrected chi connectivity index (χ2v) is 4.64. The molecule has 0 saturated carbocycles. The van der Waals surface area contributed by atoms with Crippen LogP contribution in [0, 0.1) is 5.92 Å². The van der Waals surface area contributed by atoms with Crippen molar-refractivity contribution in [1.82, 2.24) is 0 Å². The standard InChI is InChI=1S/C14H23NO3/c1-10(2)18-14-7-11(4-5-13(14)17-3)6-12(8-15)9-16/h4-5,7,10,12,16H,6,8-9,15H2,1-3H3. The number of hydrogen-bond donors (Lipinski definition) is 2. The highest BCUT2D eigenvalue weighted by atomic mass is 16.5. The van der Waals surface area contributed by atoms with E-state index >= 15 is 0 Å². The zero-order valence-corrected chi connectivity index (χ0v) is 11.3. The molecule has 0 fully saturated rings. The fourth-order valence-electron chi connectivity index (χ4n) is 1.75. The van der Waals surface area contributed by atoms with Crippen LogP contribution in [0.5, 0.6) is 11.5 Å². The Labute approximate surface area is 109 Å². The lowest BCUT2D eigenvalue weighted by atomic mass is 10.00. The molecule has 0 aliphatic rings. The van der Waals surface area contributed by atoms with Crippen LogP contribution in [0.1, 0.15) is 19.4 Å². The van der Waals surface area contributed by atoms with Crippen molar-refractivity contribution in [3.8, 4) is 11.5 Å². The molecule has 0 aromatic heterocycles. The topological polar surface area (TPSA) is 64.7 Å². The third kappa shape index (κ3) is 4.20. The Morgan fingerprint density at radius 2 is 2.00 bits per heavy atom. The zero-order chi connectivity index (χ0) is 13.5. The van der Waals surface area contributed by atoms with Gasteiger partial charge in [-0.05, 0) is 50.4 Å². The summed E-state index contributed by atoms with van der Waals surface area (Å²) in [6, 6.07) is 5.82. The van der Waals surface area contributed by atoms with Gasteiger partial charge in [0.15, 0.2) is 11.5 Å². The third-order valence-corrected chi connectivity index (χ3v) is 2.71. The van der Waals surface area contributed by atoms with E-state index in [9.17, 15) is 0 Å². The third-order valence-electron chi connectivity index (χ3n) is 2.71. The van der Waals surface area contributed by atoms with E-state index in [4.69, 9.17) is 20.3 Å². The molecule has 0 spiro atoms. The van der Waals surface area contributed by atoms with Crippen molar-refractivity contribution in [2.24, 2.45) is 11.7 Å². The predicted molar refractivity (Wildman–Crippen MR) is 72.1 cm³/mol. The Bertz CT molecular complexity index is 362. The minimum absolute atomic E-state index is 0.0882. The number of rotatable bonds is 7. The van der Waals surface area contributed by atoms with Crippen molar-refractivity contribution in [3.63, 3.8) is 0 Å². The van der Waals surface area contributed by atoms with Crippen LogP contribution in [0.15, 0.2) is 18.2 Å². The highest BCUT2D eigenvalue weighted by Gasteiger charge is 2.11. The number of nitrogens with two attached hydrogens (primary N) is 1. The first-order valence-electron chi connectivity index (χ1n) is 6.25. The van der Waals surface area contributed by atoms with Gasteiger partial charge in [-0.2, -0.15) is 0 Å². The number of ether oxygens (including phenoxy) is 2. The Balaban J connectivity index is 2.87. The molecule has 1 rings (SSSR count). The van der Waals surface area contributed by atoms with E-state index < -0.39 is 0 Å². The van der Waals surface area contributed by atoms with Crippen LogP contribution in [0.2, 0.25) is 0 Å². The molecule has 0 aliphatic carbocycles. The molecule has 18 heavy (non-hydrogen) atoms. The van der Waals surface area contributed by atoms with Crippen molar-refractivity contribution in [3.05, 3.63) is 23.8 Å². The van der Waals surface area contributed by atoms with E-state index in [1.165, 1.54) is 0 Å². The lowest BCUT2D eigenvalue weighted by Crippen LogP contribution is -2.20. The molecule has 0 radical (unpaired) electrons. The second kappa shape index (κ2) is 7.24. The molecule has 102 valence electrons. The summed E-state index contributed by atoms with van der Waals surface area (Å²) < 4.78 is 11.0. The number of methoxy groups -OCH3 is 1. The lowest BCUT2D eigenvalue weighted by molar-refractivity contribution is 0.225. The maximum absolute atomic E-state index is 9.17. The number of hydrogen-bond acceptors (Lipinski definition) is 4. The van der Waals surface area contributed by atoms with E-state index in [2.05, 4.69) is 0 Å². The summed E-state index contributed by atoms with van der Waals surface area (Å²) in [4.78, 5) is 0. The molecular formula is C14H23NO3. The van der Waals surface area contributed by atoms with E-state index in [0.29, 0.717) is 6.54 Å². The highest BCUT2D eigenvalue weighted by molar-refractivity contribution is 5.43. The first-order valence-corrected chi connectivity index (χ1v) is 6.25. The fraction of sp³-hybridized carbons (Fsp3) is 0.571. The van der Waals surface area contributed by atoms with Crippen LogP contribution in [0.3, 0.4) is 0 Å². The van der Waals surface area contributed by atoms with Gasteiger partial charge in [0.05, 0.1) is 13.2 Å². The van der Waals surface area contributed by atoms with Gasteiger partial charge in [0.1, 0.15) is 0 Å². The molecule has 3 N–H and O–H groups in total. The Kier molecular flexibility index (Phi) is 5.95. The Morgan fingerprint density at radius 3 is 2.50 bits per heavy atom. The summed E-state index contributed by atoms with van der Waals surface area (Å²) >= 11 is 0. The summed E-state index contributed by atoms with van der Waals surface area (Å²) in [5.74, 6) is 1.55. The average molecular weight is 253 g/mol. The van der Waals surface area contributed by atoms with Crippen molar-refractivity contribution in [1.29, 1.82) is 0 Å². The Hall–Kier alpha value is -1.26.